The number of fused-ring (bicyclic) bond motifs is 3. The third-order valence-electron chi connectivity index (χ3n) is 4.13. The molecule has 0 atom stereocenters. The second-order valence-electron chi connectivity index (χ2n) is 6.07. The molecule has 2 aromatic heterocycles. The van der Waals surface area contributed by atoms with Gasteiger partial charge in [-0.3, -0.25) is 9.36 Å². The fourth-order valence-corrected chi connectivity index (χ4v) is 3.33. The minimum absolute atomic E-state index is 0.0784. The Balaban J connectivity index is 2.10. The highest BCUT2D eigenvalue weighted by atomic mass is 79.9. The Bertz CT molecular complexity index is 1130. The summed E-state index contributed by atoms with van der Waals surface area (Å²) in [5, 5.41) is 9.20. The first kappa shape index (κ1) is 15.8. The Hall–Kier alpha value is -2.67. The van der Waals surface area contributed by atoms with Crippen molar-refractivity contribution in [2.75, 3.05) is 19.0 Å². The average molecular weight is 398 g/mol. The minimum atomic E-state index is -0.0784. The maximum atomic E-state index is 13.1. The average Bonchev–Trinajstić information content (AvgIpc) is 3.04. The molecule has 0 amide bonds. The smallest absolute Gasteiger partial charge is 0.263 e. The molecule has 126 valence electrons. The van der Waals surface area contributed by atoms with Gasteiger partial charge in [0.1, 0.15) is 0 Å². The van der Waals surface area contributed by atoms with Crippen LogP contribution in [0.25, 0.3) is 16.7 Å². The summed E-state index contributed by atoms with van der Waals surface area (Å²) in [7, 11) is 3.82. The number of halogens is 1. The molecule has 0 unspecified atom stereocenters. The zero-order valence-electron chi connectivity index (χ0n) is 13.8. The summed E-state index contributed by atoms with van der Waals surface area (Å²) >= 11 is 3.46. The molecule has 6 nitrogen and oxygen atoms in total. The zero-order chi connectivity index (χ0) is 17.6. The van der Waals surface area contributed by atoms with E-state index in [2.05, 4.69) is 26.1 Å². The standard InChI is InChI=1S/C18H16BrN5O/c1-22(2)17-20-21-18-23(11-12-6-4-3-5-7-12)16(25)14-10-13(19)8-9-15(14)24(17)18/h3-10H,11H2,1-2H3. The third-order valence-corrected chi connectivity index (χ3v) is 4.62. The Morgan fingerprint density at radius 1 is 1.08 bits per heavy atom. The molecule has 0 radical (unpaired) electrons. The molecule has 0 saturated carbocycles. The zero-order valence-corrected chi connectivity index (χ0v) is 15.4. The predicted molar refractivity (Wildman–Crippen MR) is 102 cm³/mol. The van der Waals surface area contributed by atoms with Crippen LogP contribution in [0.3, 0.4) is 0 Å². The van der Waals surface area contributed by atoms with E-state index in [9.17, 15) is 4.79 Å². The van der Waals surface area contributed by atoms with Gasteiger partial charge in [-0.15, -0.1) is 10.2 Å². The van der Waals surface area contributed by atoms with Gasteiger partial charge in [-0.25, -0.2) is 4.40 Å². The number of benzene rings is 2. The molecule has 0 aliphatic rings. The number of aromatic nitrogens is 4. The van der Waals surface area contributed by atoms with Crippen LogP contribution in [0.1, 0.15) is 5.56 Å². The Morgan fingerprint density at radius 2 is 1.84 bits per heavy atom. The van der Waals surface area contributed by atoms with E-state index in [1.165, 1.54) is 0 Å². The lowest BCUT2D eigenvalue weighted by molar-refractivity contribution is 0.766. The summed E-state index contributed by atoms with van der Waals surface area (Å²) in [4.78, 5) is 15.0. The van der Waals surface area contributed by atoms with Gasteiger partial charge in [0.15, 0.2) is 0 Å². The van der Waals surface area contributed by atoms with Gasteiger partial charge in [-0.2, -0.15) is 0 Å². The van der Waals surface area contributed by atoms with Crippen molar-refractivity contribution in [3.05, 3.63) is 68.9 Å². The van der Waals surface area contributed by atoms with Crippen LogP contribution in [-0.2, 0) is 6.54 Å². The lowest BCUT2D eigenvalue weighted by Gasteiger charge is -2.14. The molecule has 25 heavy (non-hydrogen) atoms. The van der Waals surface area contributed by atoms with Crippen LogP contribution in [0.15, 0.2) is 57.8 Å². The fourth-order valence-electron chi connectivity index (χ4n) is 2.97. The summed E-state index contributed by atoms with van der Waals surface area (Å²) in [5.41, 5.74) is 1.75. The quantitative estimate of drug-likeness (QED) is 0.533. The first-order chi connectivity index (χ1) is 12.1. The van der Waals surface area contributed by atoms with E-state index >= 15 is 0 Å². The summed E-state index contributed by atoms with van der Waals surface area (Å²) in [6, 6.07) is 15.6. The van der Waals surface area contributed by atoms with Crippen molar-refractivity contribution in [3.8, 4) is 0 Å². The van der Waals surface area contributed by atoms with Crippen molar-refractivity contribution in [1.29, 1.82) is 0 Å². The van der Waals surface area contributed by atoms with Crippen molar-refractivity contribution >= 4 is 38.6 Å². The topological polar surface area (TPSA) is 55.4 Å². The molecule has 4 rings (SSSR count). The molecule has 0 fully saturated rings. The van der Waals surface area contributed by atoms with Crippen molar-refractivity contribution in [1.82, 2.24) is 19.2 Å². The molecule has 0 saturated heterocycles. The summed E-state index contributed by atoms with van der Waals surface area (Å²) in [6.07, 6.45) is 0. The lowest BCUT2D eigenvalue weighted by Crippen LogP contribution is -2.24. The van der Waals surface area contributed by atoms with E-state index in [1.54, 1.807) is 4.57 Å². The van der Waals surface area contributed by atoms with E-state index in [-0.39, 0.29) is 5.56 Å². The van der Waals surface area contributed by atoms with Gasteiger partial charge < -0.3 is 4.90 Å². The van der Waals surface area contributed by atoms with Crippen LogP contribution in [-0.4, -0.2) is 33.3 Å². The van der Waals surface area contributed by atoms with E-state index in [0.717, 1.165) is 15.6 Å². The number of rotatable bonds is 3. The molecule has 7 heteroatoms. The van der Waals surface area contributed by atoms with Crippen molar-refractivity contribution in [2.45, 2.75) is 6.54 Å². The molecule has 4 aromatic rings. The van der Waals surface area contributed by atoms with Gasteiger partial charge in [0.25, 0.3) is 5.56 Å². The molecular formula is C18H16BrN5O. The van der Waals surface area contributed by atoms with Crippen molar-refractivity contribution in [3.63, 3.8) is 0 Å². The highest BCUT2D eigenvalue weighted by Gasteiger charge is 2.17. The normalized spacial score (nSPS) is 11.3. The molecule has 0 N–H and O–H groups in total. The fraction of sp³-hybridized carbons (Fsp3) is 0.167. The monoisotopic (exact) mass is 397 g/mol. The van der Waals surface area contributed by atoms with Gasteiger partial charge in [-0.05, 0) is 23.8 Å². The van der Waals surface area contributed by atoms with Gasteiger partial charge in [-0.1, -0.05) is 46.3 Å². The van der Waals surface area contributed by atoms with Gasteiger partial charge in [0.05, 0.1) is 17.4 Å². The van der Waals surface area contributed by atoms with Crippen molar-refractivity contribution < 1.29 is 0 Å². The summed E-state index contributed by atoms with van der Waals surface area (Å²) < 4.78 is 4.46. The highest BCUT2D eigenvalue weighted by molar-refractivity contribution is 9.10. The van der Waals surface area contributed by atoms with Gasteiger partial charge in [0, 0.05) is 18.6 Å². The Labute approximate surface area is 152 Å². The highest BCUT2D eigenvalue weighted by Crippen LogP contribution is 2.22. The molecule has 0 spiro atoms. The minimum Gasteiger partial charge on any atom is -0.347 e. The van der Waals surface area contributed by atoms with E-state index < -0.39 is 0 Å². The number of hydrogen-bond donors (Lipinski definition) is 0. The van der Waals surface area contributed by atoms with Crippen LogP contribution in [0.4, 0.5) is 5.95 Å². The lowest BCUT2D eigenvalue weighted by atomic mass is 10.2. The molecular weight excluding hydrogens is 382 g/mol. The summed E-state index contributed by atoms with van der Waals surface area (Å²) in [5.74, 6) is 1.22. The molecule has 2 heterocycles. The first-order valence-electron chi connectivity index (χ1n) is 7.84. The molecule has 0 aliphatic heterocycles. The number of anilines is 1. The molecule has 0 aliphatic carbocycles. The SMILES string of the molecule is CN(C)c1nnc2n(Cc3ccccc3)c(=O)c3cc(Br)ccc3n12. The first-order valence-corrected chi connectivity index (χ1v) is 8.64. The van der Waals surface area contributed by atoms with Gasteiger partial charge >= 0.3 is 0 Å². The van der Waals surface area contributed by atoms with Crippen LogP contribution in [0.2, 0.25) is 0 Å². The third kappa shape index (κ3) is 2.60. The maximum Gasteiger partial charge on any atom is 0.263 e. The number of nitrogens with zero attached hydrogens (tertiary/aromatic N) is 5. The largest absolute Gasteiger partial charge is 0.347 e. The molecule has 2 aromatic carbocycles. The predicted octanol–water partition coefficient (Wildman–Crippen LogP) is 2.92. The van der Waals surface area contributed by atoms with E-state index in [0.29, 0.717) is 23.7 Å². The number of hydrogen-bond acceptors (Lipinski definition) is 4. The van der Waals surface area contributed by atoms with E-state index in [4.69, 9.17) is 0 Å². The van der Waals surface area contributed by atoms with E-state index in [1.807, 2.05) is 71.9 Å². The Morgan fingerprint density at radius 3 is 2.56 bits per heavy atom. The van der Waals surface area contributed by atoms with Crippen molar-refractivity contribution in [2.24, 2.45) is 0 Å². The second kappa shape index (κ2) is 6.00. The van der Waals surface area contributed by atoms with Crippen LogP contribution in [0, 0.1) is 0 Å². The summed E-state index contributed by atoms with van der Waals surface area (Å²) in [6.45, 7) is 0.442. The Kier molecular flexibility index (Phi) is 3.80. The second-order valence-corrected chi connectivity index (χ2v) is 6.98. The van der Waals surface area contributed by atoms with Gasteiger partial charge in [0.2, 0.25) is 11.7 Å². The molecule has 0 bridgehead atoms. The maximum absolute atomic E-state index is 13.1. The van der Waals surface area contributed by atoms with Crippen LogP contribution >= 0.6 is 15.9 Å². The van der Waals surface area contributed by atoms with Crippen LogP contribution < -0.4 is 10.5 Å². The van der Waals surface area contributed by atoms with Crippen LogP contribution in [0.5, 0.6) is 0 Å².